The Labute approximate surface area is 184 Å². The smallest absolute Gasteiger partial charge is 0.261 e. The zero-order valence-electron chi connectivity index (χ0n) is 16.0. The standard InChI is InChI=1S/C19H18ClN5O4S2/c20-17-12-22-19-16(17)2-1-3-18(19)24-31(28,29)15-6-4-14(5-7-15)30(26,27)23-9-11-25-10-8-21-13-25/h1-8,10,12-13,22-24H,9,11H2. The van der Waals surface area contributed by atoms with E-state index < -0.39 is 20.0 Å². The first kappa shape index (κ1) is 21.4. The molecule has 0 saturated carbocycles. The van der Waals surface area contributed by atoms with E-state index in [0.717, 1.165) is 0 Å². The van der Waals surface area contributed by atoms with Gasteiger partial charge in [-0.25, -0.2) is 26.5 Å². The maximum atomic E-state index is 12.8. The van der Waals surface area contributed by atoms with Crippen LogP contribution in [0.15, 0.2) is 77.2 Å². The Morgan fingerprint density at radius 2 is 1.71 bits per heavy atom. The van der Waals surface area contributed by atoms with Crippen LogP contribution in [0.25, 0.3) is 10.9 Å². The Morgan fingerprint density at radius 1 is 1.00 bits per heavy atom. The average Bonchev–Trinajstić information content (AvgIpc) is 3.39. The highest BCUT2D eigenvalue weighted by Gasteiger charge is 2.19. The van der Waals surface area contributed by atoms with Crippen molar-refractivity contribution in [2.75, 3.05) is 11.3 Å². The molecule has 4 rings (SSSR count). The molecule has 12 heteroatoms. The number of nitrogens with one attached hydrogen (secondary N) is 3. The van der Waals surface area contributed by atoms with Crippen LogP contribution in [0.3, 0.4) is 0 Å². The predicted octanol–water partition coefficient (Wildman–Crippen LogP) is 2.80. The quantitative estimate of drug-likeness (QED) is 0.358. The lowest BCUT2D eigenvalue weighted by Crippen LogP contribution is -2.27. The molecule has 0 aliphatic heterocycles. The number of benzene rings is 2. The molecule has 4 aromatic rings. The molecule has 31 heavy (non-hydrogen) atoms. The number of aromatic nitrogens is 3. The average molecular weight is 480 g/mol. The molecule has 0 atom stereocenters. The van der Waals surface area contributed by atoms with Crippen LogP contribution in [0.2, 0.25) is 5.02 Å². The van der Waals surface area contributed by atoms with Crippen molar-refractivity contribution < 1.29 is 16.8 Å². The number of imidazole rings is 1. The van der Waals surface area contributed by atoms with Gasteiger partial charge in [-0.2, -0.15) is 0 Å². The van der Waals surface area contributed by atoms with Crippen molar-refractivity contribution >= 4 is 48.2 Å². The molecule has 0 spiro atoms. The molecule has 9 nitrogen and oxygen atoms in total. The number of rotatable bonds is 8. The van der Waals surface area contributed by atoms with Crippen LogP contribution in [0.4, 0.5) is 5.69 Å². The summed E-state index contributed by atoms with van der Waals surface area (Å²) in [5, 5.41) is 1.16. The summed E-state index contributed by atoms with van der Waals surface area (Å²) in [6.45, 7) is 0.590. The van der Waals surface area contributed by atoms with E-state index in [1.807, 2.05) is 0 Å². The molecule has 0 bridgehead atoms. The van der Waals surface area contributed by atoms with Crippen molar-refractivity contribution in [3.05, 3.63) is 72.4 Å². The van der Waals surface area contributed by atoms with Crippen molar-refractivity contribution in [2.45, 2.75) is 16.3 Å². The molecule has 0 saturated heterocycles. The van der Waals surface area contributed by atoms with Crippen molar-refractivity contribution in [1.82, 2.24) is 19.3 Å². The van der Waals surface area contributed by atoms with Crippen LogP contribution < -0.4 is 9.44 Å². The van der Waals surface area contributed by atoms with Crippen LogP contribution >= 0.6 is 11.6 Å². The van der Waals surface area contributed by atoms with E-state index in [9.17, 15) is 16.8 Å². The Morgan fingerprint density at radius 3 is 2.39 bits per heavy atom. The third-order valence-corrected chi connectivity index (χ3v) is 7.75. The summed E-state index contributed by atoms with van der Waals surface area (Å²) in [4.78, 5) is 6.73. The van der Waals surface area contributed by atoms with Crippen LogP contribution in [-0.2, 0) is 26.6 Å². The first-order chi connectivity index (χ1) is 14.8. The number of fused-ring (bicyclic) bond motifs is 1. The highest BCUT2D eigenvalue weighted by Crippen LogP contribution is 2.30. The van der Waals surface area contributed by atoms with Gasteiger partial charge in [-0.3, -0.25) is 4.72 Å². The summed E-state index contributed by atoms with van der Waals surface area (Å²) in [6, 6.07) is 10.1. The molecule has 2 aromatic carbocycles. The summed E-state index contributed by atoms with van der Waals surface area (Å²) in [5.74, 6) is 0. The number of anilines is 1. The number of aromatic amines is 1. The SMILES string of the molecule is O=S(=O)(NCCn1ccnc1)c1ccc(S(=O)(=O)Nc2cccc3c(Cl)c[nH]c23)cc1. The first-order valence-corrected chi connectivity index (χ1v) is 12.4. The first-order valence-electron chi connectivity index (χ1n) is 9.10. The second-order valence-electron chi connectivity index (χ2n) is 6.64. The lowest BCUT2D eigenvalue weighted by molar-refractivity contribution is 0.572. The van der Waals surface area contributed by atoms with Crippen LogP contribution in [-0.4, -0.2) is 37.9 Å². The lowest BCUT2D eigenvalue weighted by atomic mass is 10.2. The molecule has 0 aliphatic rings. The van der Waals surface area contributed by atoms with E-state index in [0.29, 0.717) is 28.2 Å². The van der Waals surface area contributed by atoms with E-state index in [-0.39, 0.29) is 16.3 Å². The fourth-order valence-corrected chi connectivity index (χ4v) is 5.32. The van der Waals surface area contributed by atoms with Gasteiger partial charge in [-0.1, -0.05) is 23.7 Å². The van der Waals surface area contributed by atoms with Gasteiger partial charge in [0.2, 0.25) is 10.0 Å². The minimum atomic E-state index is -3.94. The monoisotopic (exact) mass is 479 g/mol. The Kier molecular flexibility index (Phi) is 5.75. The van der Waals surface area contributed by atoms with Crippen LogP contribution in [0, 0.1) is 0 Å². The van der Waals surface area contributed by atoms with Gasteiger partial charge >= 0.3 is 0 Å². The number of nitrogens with zero attached hydrogens (tertiary/aromatic N) is 2. The molecule has 0 amide bonds. The minimum Gasteiger partial charge on any atom is -0.358 e. The maximum Gasteiger partial charge on any atom is 0.261 e. The van der Waals surface area contributed by atoms with E-state index in [2.05, 4.69) is 19.4 Å². The number of H-pyrrole nitrogens is 1. The van der Waals surface area contributed by atoms with E-state index in [4.69, 9.17) is 11.6 Å². The summed E-state index contributed by atoms with van der Waals surface area (Å²) < 4.78 is 57.2. The van der Waals surface area contributed by atoms with Crippen molar-refractivity contribution in [3.8, 4) is 0 Å². The maximum absolute atomic E-state index is 12.8. The number of hydrogen-bond acceptors (Lipinski definition) is 5. The third-order valence-electron chi connectivity index (χ3n) is 4.57. The third kappa shape index (κ3) is 4.59. The molecule has 0 unspecified atom stereocenters. The summed E-state index contributed by atoms with van der Waals surface area (Å²) in [6.07, 6.45) is 6.49. The molecule has 162 valence electrons. The summed E-state index contributed by atoms with van der Waals surface area (Å²) in [5.41, 5.74) is 0.889. The summed E-state index contributed by atoms with van der Waals surface area (Å²) in [7, 11) is -7.72. The molecule has 0 radical (unpaired) electrons. The second kappa shape index (κ2) is 8.35. The van der Waals surface area contributed by atoms with Crippen molar-refractivity contribution in [1.29, 1.82) is 0 Å². The zero-order chi connectivity index (χ0) is 22.1. The predicted molar refractivity (Wildman–Crippen MR) is 118 cm³/mol. The van der Waals surface area contributed by atoms with Crippen LogP contribution in [0.5, 0.6) is 0 Å². The molecular weight excluding hydrogens is 462 g/mol. The van der Waals surface area contributed by atoms with Gasteiger partial charge in [0.05, 0.1) is 32.3 Å². The van der Waals surface area contributed by atoms with Gasteiger partial charge in [0.25, 0.3) is 10.0 Å². The highest BCUT2D eigenvalue weighted by molar-refractivity contribution is 7.92. The second-order valence-corrected chi connectivity index (χ2v) is 10.5. The van der Waals surface area contributed by atoms with Gasteiger partial charge in [0.1, 0.15) is 0 Å². The highest BCUT2D eigenvalue weighted by atomic mass is 35.5. The summed E-state index contributed by atoms with van der Waals surface area (Å²) >= 11 is 6.08. The zero-order valence-corrected chi connectivity index (χ0v) is 18.4. The topological polar surface area (TPSA) is 126 Å². The van der Waals surface area contributed by atoms with Crippen LogP contribution in [0.1, 0.15) is 0 Å². The largest absolute Gasteiger partial charge is 0.358 e. The van der Waals surface area contributed by atoms with Gasteiger partial charge in [0, 0.05) is 37.1 Å². The Hall–Kier alpha value is -2.86. The molecule has 3 N–H and O–H groups in total. The van der Waals surface area contributed by atoms with E-state index >= 15 is 0 Å². The normalized spacial score (nSPS) is 12.3. The fraction of sp³-hybridized carbons (Fsp3) is 0.105. The molecule has 2 heterocycles. The molecule has 0 fully saturated rings. The van der Waals surface area contributed by atoms with Gasteiger partial charge in [-0.05, 0) is 30.3 Å². The number of halogens is 1. The fourth-order valence-electron chi connectivity index (χ4n) is 3.02. The van der Waals surface area contributed by atoms with Gasteiger partial charge in [0.15, 0.2) is 0 Å². The Bertz CT molecular complexity index is 1410. The Balaban J connectivity index is 1.49. The van der Waals surface area contributed by atoms with E-state index in [1.54, 1.807) is 47.7 Å². The van der Waals surface area contributed by atoms with E-state index in [1.165, 1.54) is 24.3 Å². The molecule has 0 aliphatic carbocycles. The minimum absolute atomic E-state index is 0.0321. The van der Waals surface area contributed by atoms with Gasteiger partial charge < -0.3 is 9.55 Å². The molecule has 2 aromatic heterocycles. The number of para-hydroxylation sites is 1. The van der Waals surface area contributed by atoms with Gasteiger partial charge in [-0.15, -0.1) is 0 Å². The number of hydrogen-bond donors (Lipinski definition) is 3. The number of sulfonamides is 2. The van der Waals surface area contributed by atoms with Crippen molar-refractivity contribution in [2.24, 2.45) is 0 Å². The molecular formula is C19H18ClN5O4S2. The van der Waals surface area contributed by atoms with Crippen molar-refractivity contribution in [3.63, 3.8) is 0 Å². The lowest BCUT2D eigenvalue weighted by Gasteiger charge is -2.11.